The van der Waals surface area contributed by atoms with Crippen LogP contribution in [0, 0.1) is 5.92 Å². The lowest BCUT2D eigenvalue weighted by atomic mass is 9.97. The average Bonchev–Trinajstić information content (AvgIpc) is 3.10. The van der Waals surface area contributed by atoms with Gasteiger partial charge in [-0.1, -0.05) is 23.2 Å². The van der Waals surface area contributed by atoms with Crippen LogP contribution >= 0.6 is 23.2 Å². The second kappa shape index (κ2) is 5.97. The van der Waals surface area contributed by atoms with E-state index in [2.05, 4.69) is 5.10 Å². The molecule has 0 unspecified atom stereocenters. The molecule has 7 heteroatoms. The zero-order chi connectivity index (χ0) is 16.8. The molecule has 2 aliphatic rings. The minimum Gasteiger partial charge on any atom is -0.508 e. The number of aromatic nitrogens is 2. The van der Waals surface area contributed by atoms with Gasteiger partial charge in [-0.2, -0.15) is 5.10 Å². The van der Waals surface area contributed by atoms with E-state index in [1.54, 1.807) is 17.2 Å². The zero-order valence-corrected chi connectivity index (χ0v) is 14.5. The summed E-state index contributed by atoms with van der Waals surface area (Å²) >= 11 is 12.3. The van der Waals surface area contributed by atoms with Crippen molar-refractivity contribution in [1.29, 1.82) is 0 Å². The second-order valence-electron chi connectivity index (χ2n) is 6.56. The number of anilines is 1. The van der Waals surface area contributed by atoms with Crippen molar-refractivity contribution in [2.75, 3.05) is 11.4 Å². The third kappa shape index (κ3) is 2.87. The standard InChI is InChI=1S/C17H17Cl2N3O2/c18-13-3-4-14(23)16(17(13)19)11-5-15(24)22(8-11)12-6-20-21(9-12)7-10-1-2-10/h3-4,6,9-11,23H,1-2,5,7-8H2/t11-/m1/s1. The number of amides is 1. The van der Waals surface area contributed by atoms with E-state index in [9.17, 15) is 9.90 Å². The Labute approximate surface area is 149 Å². The summed E-state index contributed by atoms with van der Waals surface area (Å²) in [7, 11) is 0. The summed E-state index contributed by atoms with van der Waals surface area (Å²) in [6, 6.07) is 3.07. The molecule has 4 rings (SSSR count). The smallest absolute Gasteiger partial charge is 0.227 e. The van der Waals surface area contributed by atoms with Gasteiger partial charge >= 0.3 is 0 Å². The van der Waals surface area contributed by atoms with Gasteiger partial charge in [0.15, 0.2) is 0 Å². The molecule has 24 heavy (non-hydrogen) atoms. The molecule has 1 aliphatic carbocycles. The SMILES string of the molecule is O=C1C[C@@H](c2c(O)ccc(Cl)c2Cl)CN1c1cnn(CC2CC2)c1. The third-order valence-corrected chi connectivity index (χ3v) is 5.54. The molecule has 0 bridgehead atoms. The number of carbonyl (C=O) groups is 1. The number of hydrogen-bond donors (Lipinski definition) is 1. The summed E-state index contributed by atoms with van der Waals surface area (Å²) in [6.07, 6.45) is 6.44. The van der Waals surface area contributed by atoms with Gasteiger partial charge in [-0.15, -0.1) is 0 Å². The summed E-state index contributed by atoms with van der Waals surface area (Å²) in [4.78, 5) is 14.1. The predicted octanol–water partition coefficient (Wildman–Crippen LogP) is 3.83. The molecule has 126 valence electrons. The number of rotatable bonds is 4. The number of carbonyl (C=O) groups excluding carboxylic acids is 1. The molecule has 1 aliphatic heterocycles. The molecule has 1 aromatic heterocycles. The molecular formula is C17H17Cl2N3O2. The molecule has 5 nitrogen and oxygen atoms in total. The van der Waals surface area contributed by atoms with Crippen molar-refractivity contribution in [3.05, 3.63) is 40.1 Å². The van der Waals surface area contributed by atoms with Crippen LogP contribution in [0.3, 0.4) is 0 Å². The molecule has 1 N–H and O–H groups in total. The van der Waals surface area contributed by atoms with Gasteiger partial charge in [0.1, 0.15) is 5.75 Å². The van der Waals surface area contributed by atoms with E-state index in [-0.39, 0.29) is 17.6 Å². The van der Waals surface area contributed by atoms with Crippen molar-refractivity contribution in [2.24, 2.45) is 5.92 Å². The lowest BCUT2D eigenvalue weighted by Gasteiger charge is -2.16. The number of nitrogens with zero attached hydrogens (tertiary/aromatic N) is 3. The van der Waals surface area contributed by atoms with Crippen LogP contribution in [0.15, 0.2) is 24.5 Å². The second-order valence-corrected chi connectivity index (χ2v) is 7.35. The minimum atomic E-state index is -0.185. The van der Waals surface area contributed by atoms with Crippen LogP contribution in [-0.4, -0.2) is 27.3 Å². The summed E-state index contributed by atoms with van der Waals surface area (Å²) in [5, 5.41) is 15.2. The lowest BCUT2D eigenvalue weighted by Crippen LogP contribution is -2.23. The Hall–Kier alpha value is -1.72. The van der Waals surface area contributed by atoms with Gasteiger partial charge in [0.2, 0.25) is 5.91 Å². The van der Waals surface area contributed by atoms with E-state index in [0.29, 0.717) is 28.6 Å². The predicted molar refractivity (Wildman–Crippen MR) is 92.8 cm³/mol. The average molecular weight is 366 g/mol. The fourth-order valence-corrected chi connectivity index (χ4v) is 3.73. The lowest BCUT2D eigenvalue weighted by molar-refractivity contribution is -0.117. The molecule has 1 atom stereocenters. The number of aromatic hydroxyl groups is 1. The number of hydrogen-bond acceptors (Lipinski definition) is 3. The minimum absolute atomic E-state index is 0.00131. The third-order valence-electron chi connectivity index (χ3n) is 4.72. The molecule has 2 aromatic rings. The van der Waals surface area contributed by atoms with Crippen molar-refractivity contribution in [3.63, 3.8) is 0 Å². The van der Waals surface area contributed by atoms with Gasteiger partial charge in [-0.25, -0.2) is 0 Å². The van der Waals surface area contributed by atoms with Crippen LogP contribution in [0.4, 0.5) is 5.69 Å². The fraction of sp³-hybridized carbons (Fsp3) is 0.412. The van der Waals surface area contributed by atoms with Gasteiger partial charge in [0.05, 0.1) is 21.9 Å². The van der Waals surface area contributed by atoms with Crippen LogP contribution in [0.25, 0.3) is 0 Å². The first kappa shape index (κ1) is 15.8. The largest absolute Gasteiger partial charge is 0.508 e. The number of benzene rings is 1. The Balaban J connectivity index is 1.57. The zero-order valence-electron chi connectivity index (χ0n) is 13.0. The van der Waals surface area contributed by atoms with Crippen molar-refractivity contribution in [2.45, 2.75) is 31.7 Å². The molecule has 2 fully saturated rings. The topological polar surface area (TPSA) is 58.4 Å². The Morgan fingerprint density at radius 1 is 1.29 bits per heavy atom. The summed E-state index contributed by atoms with van der Waals surface area (Å²) in [5.74, 6) is 0.618. The summed E-state index contributed by atoms with van der Waals surface area (Å²) < 4.78 is 1.90. The van der Waals surface area contributed by atoms with Crippen molar-refractivity contribution in [1.82, 2.24) is 9.78 Å². The highest BCUT2D eigenvalue weighted by Gasteiger charge is 2.35. The molecule has 1 amide bonds. The van der Waals surface area contributed by atoms with Gasteiger partial charge in [0.25, 0.3) is 0 Å². The molecular weight excluding hydrogens is 349 g/mol. The fourth-order valence-electron chi connectivity index (χ4n) is 3.25. The van der Waals surface area contributed by atoms with E-state index >= 15 is 0 Å². The molecule has 0 radical (unpaired) electrons. The van der Waals surface area contributed by atoms with Gasteiger partial charge in [-0.3, -0.25) is 9.48 Å². The van der Waals surface area contributed by atoms with Crippen LogP contribution < -0.4 is 4.90 Å². The first-order valence-corrected chi connectivity index (χ1v) is 8.78. The Morgan fingerprint density at radius 3 is 2.83 bits per heavy atom. The van der Waals surface area contributed by atoms with Gasteiger partial charge in [-0.05, 0) is 30.9 Å². The maximum absolute atomic E-state index is 12.4. The van der Waals surface area contributed by atoms with Crippen molar-refractivity contribution < 1.29 is 9.90 Å². The van der Waals surface area contributed by atoms with Crippen LogP contribution in [0.2, 0.25) is 10.0 Å². The summed E-state index contributed by atoms with van der Waals surface area (Å²) in [6.45, 7) is 1.37. The van der Waals surface area contributed by atoms with Gasteiger partial charge in [0, 0.05) is 37.2 Å². The molecule has 1 aromatic carbocycles. The van der Waals surface area contributed by atoms with E-state index in [1.165, 1.54) is 18.9 Å². The number of halogens is 2. The quantitative estimate of drug-likeness (QED) is 0.895. The highest BCUT2D eigenvalue weighted by molar-refractivity contribution is 6.42. The van der Waals surface area contributed by atoms with Crippen LogP contribution in [-0.2, 0) is 11.3 Å². The first-order valence-electron chi connectivity index (χ1n) is 8.02. The Morgan fingerprint density at radius 2 is 2.08 bits per heavy atom. The Kier molecular flexibility index (Phi) is 3.93. The molecule has 1 saturated heterocycles. The van der Waals surface area contributed by atoms with Crippen molar-refractivity contribution >= 4 is 34.8 Å². The molecule has 2 heterocycles. The molecule has 0 spiro atoms. The van der Waals surface area contributed by atoms with Gasteiger partial charge < -0.3 is 10.0 Å². The van der Waals surface area contributed by atoms with Crippen LogP contribution in [0.1, 0.15) is 30.7 Å². The van der Waals surface area contributed by atoms with E-state index in [1.807, 2.05) is 10.9 Å². The monoisotopic (exact) mass is 365 g/mol. The van der Waals surface area contributed by atoms with Crippen molar-refractivity contribution in [3.8, 4) is 5.75 Å². The van der Waals surface area contributed by atoms with E-state index in [4.69, 9.17) is 23.2 Å². The summed E-state index contributed by atoms with van der Waals surface area (Å²) in [5.41, 5.74) is 1.34. The Bertz CT molecular complexity index is 801. The van der Waals surface area contributed by atoms with Crippen LogP contribution in [0.5, 0.6) is 5.75 Å². The molecule has 1 saturated carbocycles. The highest BCUT2D eigenvalue weighted by atomic mass is 35.5. The van der Waals surface area contributed by atoms with E-state index in [0.717, 1.165) is 18.2 Å². The van der Waals surface area contributed by atoms with E-state index < -0.39 is 0 Å². The maximum Gasteiger partial charge on any atom is 0.227 e. The maximum atomic E-state index is 12.4. The number of phenols is 1. The highest BCUT2D eigenvalue weighted by Crippen LogP contribution is 2.42. The number of phenolic OH excluding ortho intramolecular Hbond substituents is 1. The first-order chi connectivity index (χ1) is 11.5. The normalized spacial score (nSPS) is 20.8.